The van der Waals surface area contributed by atoms with E-state index < -0.39 is 10.0 Å². The fourth-order valence-electron chi connectivity index (χ4n) is 3.72. The quantitative estimate of drug-likeness (QED) is 0.830. The van der Waals surface area contributed by atoms with Gasteiger partial charge >= 0.3 is 0 Å². The van der Waals surface area contributed by atoms with Crippen molar-refractivity contribution in [3.63, 3.8) is 0 Å². The van der Waals surface area contributed by atoms with Crippen LogP contribution in [-0.4, -0.2) is 41.5 Å². The third-order valence-corrected chi connectivity index (χ3v) is 7.33. The number of amides is 1. The molecule has 0 atom stereocenters. The van der Waals surface area contributed by atoms with Gasteiger partial charge in [-0.15, -0.1) is 0 Å². The van der Waals surface area contributed by atoms with Crippen molar-refractivity contribution < 1.29 is 13.2 Å². The van der Waals surface area contributed by atoms with E-state index in [1.807, 2.05) is 32.0 Å². The lowest BCUT2D eigenvalue weighted by molar-refractivity contribution is -0.116. The van der Waals surface area contributed by atoms with Crippen molar-refractivity contribution in [3.8, 4) is 0 Å². The summed E-state index contributed by atoms with van der Waals surface area (Å²) < 4.78 is 29.1. The Bertz CT molecular complexity index is 989. The SMILES string of the molecule is Cc1ccc(NC(=O)Cn2nc(C)c(S(=O)(=O)N3CCCCC3)c2C)c(C)c1. The maximum absolute atomic E-state index is 13.1. The second-order valence-electron chi connectivity index (χ2n) is 7.49. The molecule has 0 radical (unpaired) electrons. The molecule has 0 spiro atoms. The molecule has 1 aliphatic rings. The zero-order chi connectivity index (χ0) is 20.5. The van der Waals surface area contributed by atoms with E-state index in [1.54, 1.807) is 13.8 Å². The fraction of sp³-hybridized carbons (Fsp3) is 0.500. The van der Waals surface area contributed by atoms with Gasteiger partial charge in [0, 0.05) is 18.8 Å². The summed E-state index contributed by atoms with van der Waals surface area (Å²) in [6, 6.07) is 5.81. The predicted octanol–water partition coefficient (Wildman–Crippen LogP) is 2.93. The summed E-state index contributed by atoms with van der Waals surface area (Å²) in [4.78, 5) is 12.7. The van der Waals surface area contributed by atoms with Crippen LogP contribution in [0.25, 0.3) is 0 Å². The number of anilines is 1. The van der Waals surface area contributed by atoms with E-state index >= 15 is 0 Å². The highest BCUT2D eigenvalue weighted by molar-refractivity contribution is 7.89. The Morgan fingerprint density at radius 2 is 1.79 bits per heavy atom. The molecular weight excluding hydrogens is 376 g/mol. The molecule has 1 fully saturated rings. The number of aryl methyl sites for hydroxylation is 3. The summed E-state index contributed by atoms with van der Waals surface area (Å²) in [5.74, 6) is -0.237. The van der Waals surface area contributed by atoms with Gasteiger partial charge in [0.25, 0.3) is 0 Å². The van der Waals surface area contributed by atoms with Gasteiger partial charge in [0.2, 0.25) is 15.9 Å². The van der Waals surface area contributed by atoms with Crippen molar-refractivity contribution in [1.29, 1.82) is 0 Å². The highest BCUT2D eigenvalue weighted by Crippen LogP contribution is 2.26. The number of sulfonamides is 1. The number of carbonyl (C=O) groups is 1. The van der Waals surface area contributed by atoms with Gasteiger partial charge in [-0.3, -0.25) is 9.48 Å². The molecule has 0 unspecified atom stereocenters. The molecule has 8 heteroatoms. The summed E-state index contributed by atoms with van der Waals surface area (Å²) in [7, 11) is -3.59. The van der Waals surface area contributed by atoms with Crippen molar-refractivity contribution in [2.45, 2.75) is 58.4 Å². The van der Waals surface area contributed by atoms with Gasteiger partial charge in [-0.1, -0.05) is 24.1 Å². The maximum atomic E-state index is 13.1. The summed E-state index contributed by atoms with van der Waals surface area (Å²) in [5, 5.41) is 7.22. The first kappa shape index (κ1) is 20.5. The Morgan fingerprint density at radius 3 is 2.43 bits per heavy atom. The summed E-state index contributed by atoms with van der Waals surface area (Å²) >= 11 is 0. The van der Waals surface area contributed by atoms with E-state index in [0.717, 1.165) is 36.1 Å². The first-order valence-corrected chi connectivity index (χ1v) is 11.1. The molecule has 1 N–H and O–H groups in total. The summed E-state index contributed by atoms with van der Waals surface area (Å²) in [6.45, 7) is 8.38. The smallest absolute Gasteiger partial charge is 0.246 e. The van der Waals surface area contributed by atoms with Crippen LogP contribution in [0.2, 0.25) is 0 Å². The average Bonchev–Trinajstić information content (AvgIpc) is 2.92. The molecule has 1 saturated heterocycles. The Labute approximate surface area is 166 Å². The number of hydrogen-bond acceptors (Lipinski definition) is 4. The van der Waals surface area contributed by atoms with Gasteiger partial charge in [0.05, 0.1) is 11.4 Å². The monoisotopic (exact) mass is 404 g/mol. The molecule has 1 aromatic carbocycles. The highest BCUT2D eigenvalue weighted by atomic mass is 32.2. The second-order valence-corrected chi connectivity index (χ2v) is 9.36. The number of rotatable bonds is 5. The van der Waals surface area contributed by atoms with E-state index in [4.69, 9.17) is 0 Å². The van der Waals surface area contributed by atoms with Gasteiger partial charge in [0.15, 0.2) is 0 Å². The first-order valence-electron chi connectivity index (χ1n) is 9.61. The number of nitrogens with zero attached hydrogens (tertiary/aromatic N) is 3. The minimum Gasteiger partial charge on any atom is -0.324 e. The minimum atomic E-state index is -3.59. The Balaban J connectivity index is 1.80. The van der Waals surface area contributed by atoms with Gasteiger partial charge in [-0.25, -0.2) is 8.42 Å². The molecule has 152 valence electrons. The molecule has 1 aromatic heterocycles. The van der Waals surface area contributed by atoms with Crippen molar-refractivity contribution in [2.75, 3.05) is 18.4 Å². The number of piperidine rings is 1. The fourth-order valence-corrected chi connectivity index (χ4v) is 5.61. The molecule has 1 aliphatic heterocycles. The van der Waals surface area contributed by atoms with Crippen LogP contribution in [0.4, 0.5) is 5.69 Å². The first-order chi connectivity index (χ1) is 13.2. The molecule has 0 saturated carbocycles. The minimum absolute atomic E-state index is 0.0322. The Hall–Kier alpha value is -2.19. The molecule has 0 aliphatic carbocycles. The van der Waals surface area contributed by atoms with Crippen molar-refractivity contribution in [2.24, 2.45) is 0 Å². The van der Waals surface area contributed by atoms with Crippen LogP contribution in [0.3, 0.4) is 0 Å². The van der Waals surface area contributed by atoms with Gasteiger partial charge < -0.3 is 5.32 Å². The molecule has 1 amide bonds. The third kappa shape index (κ3) is 4.12. The lowest BCUT2D eigenvalue weighted by Crippen LogP contribution is -2.36. The van der Waals surface area contributed by atoms with E-state index in [9.17, 15) is 13.2 Å². The highest BCUT2D eigenvalue weighted by Gasteiger charge is 2.32. The lowest BCUT2D eigenvalue weighted by Gasteiger charge is -2.25. The van der Waals surface area contributed by atoms with E-state index in [-0.39, 0.29) is 17.3 Å². The zero-order valence-corrected chi connectivity index (χ0v) is 17.8. The van der Waals surface area contributed by atoms with E-state index in [2.05, 4.69) is 10.4 Å². The van der Waals surface area contributed by atoms with Crippen LogP contribution in [0, 0.1) is 27.7 Å². The van der Waals surface area contributed by atoms with E-state index in [1.165, 1.54) is 8.99 Å². The predicted molar refractivity (Wildman–Crippen MR) is 109 cm³/mol. The molecule has 7 nitrogen and oxygen atoms in total. The number of nitrogens with one attached hydrogen (secondary N) is 1. The van der Waals surface area contributed by atoms with Crippen molar-refractivity contribution in [3.05, 3.63) is 40.7 Å². The summed E-state index contributed by atoms with van der Waals surface area (Å²) in [6.07, 6.45) is 2.81. The van der Waals surface area contributed by atoms with Crippen LogP contribution < -0.4 is 5.32 Å². The van der Waals surface area contributed by atoms with Crippen LogP contribution >= 0.6 is 0 Å². The number of hydrogen-bond donors (Lipinski definition) is 1. The largest absolute Gasteiger partial charge is 0.324 e. The zero-order valence-electron chi connectivity index (χ0n) is 16.9. The number of aromatic nitrogens is 2. The van der Waals surface area contributed by atoms with Crippen LogP contribution in [0.15, 0.2) is 23.1 Å². The lowest BCUT2D eigenvalue weighted by atomic mass is 10.1. The van der Waals surface area contributed by atoms with Crippen LogP contribution in [-0.2, 0) is 21.4 Å². The number of benzene rings is 1. The van der Waals surface area contributed by atoms with Crippen LogP contribution in [0.1, 0.15) is 41.8 Å². The normalized spacial score (nSPS) is 15.6. The third-order valence-electron chi connectivity index (χ3n) is 5.18. The molecule has 2 aromatic rings. The molecular formula is C20H28N4O3S. The average molecular weight is 405 g/mol. The maximum Gasteiger partial charge on any atom is 0.246 e. The second kappa shape index (κ2) is 8.05. The van der Waals surface area contributed by atoms with Gasteiger partial charge in [-0.2, -0.15) is 9.40 Å². The Kier molecular flexibility index (Phi) is 5.90. The van der Waals surface area contributed by atoms with Crippen LogP contribution in [0.5, 0.6) is 0 Å². The molecule has 2 heterocycles. The van der Waals surface area contributed by atoms with Crippen molar-refractivity contribution >= 4 is 21.6 Å². The topological polar surface area (TPSA) is 84.3 Å². The van der Waals surface area contributed by atoms with Gasteiger partial charge in [0.1, 0.15) is 11.4 Å². The Morgan fingerprint density at radius 1 is 1.11 bits per heavy atom. The molecule has 28 heavy (non-hydrogen) atoms. The van der Waals surface area contributed by atoms with Crippen molar-refractivity contribution in [1.82, 2.24) is 14.1 Å². The number of carbonyl (C=O) groups excluding carboxylic acids is 1. The van der Waals surface area contributed by atoms with Gasteiger partial charge in [-0.05, 0) is 52.2 Å². The molecule has 0 bridgehead atoms. The standard InChI is InChI=1S/C20H28N4O3S/c1-14-8-9-18(15(2)12-14)21-19(25)13-24-17(4)20(16(3)22-24)28(26,27)23-10-6-5-7-11-23/h8-9,12H,5-7,10-11,13H2,1-4H3,(H,21,25). The van der Waals surface area contributed by atoms with E-state index in [0.29, 0.717) is 24.5 Å². The molecule has 3 rings (SSSR count). The summed E-state index contributed by atoms with van der Waals surface area (Å²) in [5.41, 5.74) is 3.79.